The molecule has 2 aromatic carbocycles. The minimum atomic E-state index is 0.324. The van der Waals surface area contributed by atoms with E-state index in [0.717, 1.165) is 24.8 Å². The molecular formula is C15H13O. The summed E-state index contributed by atoms with van der Waals surface area (Å²) in [7, 11) is 0. The molecule has 0 saturated heterocycles. The molecule has 0 atom stereocenters. The summed E-state index contributed by atoms with van der Waals surface area (Å²) in [5, 5.41) is 9.80. The van der Waals surface area contributed by atoms with Gasteiger partial charge in [0.05, 0.1) is 0 Å². The van der Waals surface area contributed by atoms with Gasteiger partial charge in [0.2, 0.25) is 0 Å². The number of fused-ring (bicyclic) bond motifs is 2. The molecule has 16 heavy (non-hydrogen) atoms. The summed E-state index contributed by atoms with van der Waals surface area (Å²) in [6.07, 6.45) is 2.85. The predicted molar refractivity (Wildman–Crippen MR) is 63.6 cm³/mol. The Labute approximate surface area is 95.4 Å². The zero-order valence-corrected chi connectivity index (χ0v) is 9.03. The summed E-state index contributed by atoms with van der Waals surface area (Å²) >= 11 is 0. The van der Waals surface area contributed by atoms with Gasteiger partial charge in [-0.05, 0) is 41.5 Å². The third-order valence-corrected chi connectivity index (χ3v) is 3.32. The van der Waals surface area contributed by atoms with Crippen molar-refractivity contribution < 1.29 is 5.11 Å². The average Bonchev–Trinajstić information content (AvgIpc) is 2.48. The molecule has 0 bridgehead atoms. The van der Waals surface area contributed by atoms with Crippen molar-refractivity contribution in [3.05, 3.63) is 64.7 Å². The van der Waals surface area contributed by atoms with Crippen molar-refractivity contribution >= 4 is 0 Å². The lowest BCUT2D eigenvalue weighted by Crippen LogP contribution is -1.92. The fraction of sp³-hybridized carbons (Fsp3) is 0.200. The van der Waals surface area contributed by atoms with Crippen LogP contribution in [0, 0.1) is 6.07 Å². The van der Waals surface area contributed by atoms with E-state index in [1.165, 1.54) is 16.7 Å². The van der Waals surface area contributed by atoms with Crippen LogP contribution >= 0.6 is 0 Å². The highest BCUT2D eigenvalue weighted by Gasteiger charge is 2.14. The van der Waals surface area contributed by atoms with Crippen LogP contribution in [0.4, 0.5) is 0 Å². The lowest BCUT2D eigenvalue weighted by atomic mass is 10.0. The molecule has 3 rings (SSSR count). The van der Waals surface area contributed by atoms with E-state index in [4.69, 9.17) is 0 Å². The summed E-state index contributed by atoms with van der Waals surface area (Å²) in [4.78, 5) is 0. The van der Waals surface area contributed by atoms with Gasteiger partial charge >= 0.3 is 0 Å². The van der Waals surface area contributed by atoms with Crippen LogP contribution in [0.3, 0.4) is 0 Å². The van der Waals surface area contributed by atoms with Gasteiger partial charge in [-0.15, -0.1) is 0 Å². The van der Waals surface area contributed by atoms with Gasteiger partial charge in [-0.1, -0.05) is 36.4 Å². The minimum absolute atomic E-state index is 0.324. The first-order valence-corrected chi connectivity index (χ1v) is 5.63. The lowest BCUT2D eigenvalue weighted by molar-refractivity contribution is 0.466. The minimum Gasteiger partial charge on any atom is -0.507 e. The largest absolute Gasteiger partial charge is 0.507 e. The summed E-state index contributed by atoms with van der Waals surface area (Å²) in [6.45, 7) is 0. The van der Waals surface area contributed by atoms with Crippen LogP contribution in [-0.2, 0) is 19.3 Å². The number of rotatable bonds is 0. The molecule has 0 aromatic heterocycles. The predicted octanol–water partition coefficient (Wildman–Crippen LogP) is 2.88. The van der Waals surface area contributed by atoms with Crippen molar-refractivity contribution in [2.75, 3.05) is 0 Å². The number of aromatic hydroxyl groups is 1. The topological polar surface area (TPSA) is 20.2 Å². The zero-order chi connectivity index (χ0) is 11.0. The van der Waals surface area contributed by atoms with Gasteiger partial charge in [0.15, 0.2) is 0 Å². The van der Waals surface area contributed by atoms with E-state index in [2.05, 4.69) is 36.4 Å². The molecular weight excluding hydrogens is 196 g/mol. The molecule has 1 heteroatoms. The molecule has 1 nitrogen and oxygen atoms in total. The van der Waals surface area contributed by atoms with Gasteiger partial charge < -0.3 is 5.11 Å². The standard InChI is InChI=1S/C15H13O/c16-15-7-3-6-13-10-12-5-2-1-4-11(12)8-9-14(13)15/h1-6,16H,8-10H2. The average molecular weight is 209 g/mol. The molecule has 0 fully saturated rings. The quantitative estimate of drug-likeness (QED) is 0.707. The van der Waals surface area contributed by atoms with Crippen LogP contribution in [0.15, 0.2) is 36.4 Å². The second kappa shape index (κ2) is 3.67. The van der Waals surface area contributed by atoms with Crippen LogP contribution in [-0.4, -0.2) is 5.11 Å². The normalized spacial score (nSPS) is 13.8. The first-order chi connectivity index (χ1) is 7.84. The smallest absolute Gasteiger partial charge is 0.127 e. The van der Waals surface area contributed by atoms with Crippen LogP contribution in [0.2, 0.25) is 0 Å². The van der Waals surface area contributed by atoms with E-state index in [1.54, 1.807) is 0 Å². The van der Waals surface area contributed by atoms with Gasteiger partial charge in [0, 0.05) is 6.07 Å². The first-order valence-electron chi connectivity index (χ1n) is 5.63. The molecule has 0 saturated carbocycles. The molecule has 1 aliphatic carbocycles. The Kier molecular flexibility index (Phi) is 2.17. The number of hydrogen-bond acceptors (Lipinski definition) is 1. The molecule has 79 valence electrons. The molecule has 0 aliphatic heterocycles. The van der Waals surface area contributed by atoms with Crippen LogP contribution < -0.4 is 0 Å². The Bertz CT molecular complexity index is 529. The van der Waals surface area contributed by atoms with E-state index < -0.39 is 0 Å². The molecule has 0 heterocycles. The third kappa shape index (κ3) is 1.49. The van der Waals surface area contributed by atoms with Crippen molar-refractivity contribution in [1.29, 1.82) is 0 Å². The van der Waals surface area contributed by atoms with Crippen molar-refractivity contribution in [2.24, 2.45) is 0 Å². The van der Waals surface area contributed by atoms with Crippen LogP contribution in [0.25, 0.3) is 0 Å². The maximum absolute atomic E-state index is 9.80. The molecule has 0 unspecified atom stereocenters. The number of benzene rings is 2. The van der Waals surface area contributed by atoms with Crippen molar-refractivity contribution in [3.63, 3.8) is 0 Å². The van der Waals surface area contributed by atoms with Crippen LogP contribution in [0.5, 0.6) is 5.75 Å². The zero-order valence-electron chi connectivity index (χ0n) is 9.03. The number of phenols is 1. The van der Waals surface area contributed by atoms with E-state index in [-0.39, 0.29) is 0 Å². The Morgan fingerprint density at radius 2 is 1.75 bits per heavy atom. The molecule has 0 amide bonds. The summed E-state index contributed by atoms with van der Waals surface area (Å²) in [6, 6.07) is 15.3. The number of aryl methyl sites for hydroxylation is 1. The number of phenolic OH excluding ortho intramolecular Hbond substituents is 1. The van der Waals surface area contributed by atoms with Gasteiger partial charge in [-0.3, -0.25) is 0 Å². The van der Waals surface area contributed by atoms with Crippen molar-refractivity contribution in [3.8, 4) is 5.75 Å². The van der Waals surface area contributed by atoms with Gasteiger partial charge in [0.1, 0.15) is 5.75 Å². The molecule has 1 aliphatic rings. The Morgan fingerprint density at radius 3 is 2.62 bits per heavy atom. The molecule has 2 aromatic rings. The van der Waals surface area contributed by atoms with Gasteiger partial charge in [-0.25, -0.2) is 0 Å². The highest BCUT2D eigenvalue weighted by Crippen LogP contribution is 2.29. The first kappa shape index (κ1) is 9.46. The Morgan fingerprint density at radius 1 is 0.938 bits per heavy atom. The Balaban J connectivity index is 2.12. The summed E-state index contributed by atoms with van der Waals surface area (Å²) in [5.74, 6) is 0.324. The third-order valence-electron chi connectivity index (χ3n) is 3.32. The highest BCUT2D eigenvalue weighted by atomic mass is 16.3. The second-order valence-electron chi connectivity index (χ2n) is 4.28. The van der Waals surface area contributed by atoms with Crippen molar-refractivity contribution in [1.82, 2.24) is 0 Å². The highest BCUT2D eigenvalue weighted by molar-refractivity contribution is 5.45. The number of hydrogen-bond donors (Lipinski definition) is 1. The molecule has 0 spiro atoms. The van der Waals surface area contributed by atoms with Gasteiger partial charge in [-0.2, -0.15) is 0 Å². The van der Waals surface area contributed by atoms with Gasteiger partial charge in [0.25, 0.3) is 0 Å². The molecule has 1 radical (unpaired) electrons. The van der Waals surface area contributed by atoms with E-state index in [0.29, 0.717) is 5.75 Å². The fourth-order valence-electron chi connectivity index (χ4n) is 2.44. The summed E-state index contributed by atoms with van der Waals surface area (Å²) < 4.78 is 0. The summed E-state index contributed by atoms with van der Waals surface area (Å²) in [5.41, 5.74) is 5.09. The van der Waals surface area contributed by atoms with Crippen molar-refractivity contribution in [2.45, 2.75) is 19.3 Å². The second-order valence-corrected chi connectivity index (χ2v) is 4.28. The van der Waals surface area contributed by atoms with Crippen LogP contribution in [0.1, 0.15) is 22.3 Å². The monoisotopic (exact) mass is 209 g/mol. The van der Waals surface area contributed by atoms with E-state index >= 15 is 0 Å². The Hall–Kier alpha value is -1.76. The maximum Gasteiger partial charge on any atom is 0.127 e. The maximum atomic E-state index is 9.80. The SMILES string of the molecule is Oc1[c]ccc2c1CCc1ccccc1C2. The molecule has 1 N–H and O–H groups in total. The van der Waals surface area contributed by atoms with E-state index in [9.17, 15) is 5.11 Å². The lowest BCUT2D eigenvalue weighted by Gasteiger charge is -2.06. The fourth-order valence-corrected chi connectivity index (χ4v) is 2.44. The van der Waals surface area contributed by atoms with E-state index in [1.807, 2.05) is 6.07 Å².